The minimum absolute atomic E-state index is 0.0435. The van der Waals surface area contributed by atoms with Crippen LogP contribution < -0.4 is 15.4 Å². The second-order valence-corrected chi connectivity index (χ2v) is 8.76. The number of ether oxygens (including phenoxy) is 1. The number of hydrogen-bond acceptors (Lipinski definition) is 9. The zero-order valence-electron chi connectivity index (χ0n) is 16.8. The van der Waals surface area contributed by atoms with Crippen molar-refractivity contribution in [2.75, 3.05) is 16.9 Å². The molecule has 0 amide bonds. The van der Waals surface area contributed by atoms with Crippen LogP contribution in [0.2, 0.25) is 0 Å². The number of benzene rings is 2. The summed E-state index contributed by atoms with van der Waals surface area (Å²) in [5.74, 6) is 0.0202. The van der Waals surface area contributed by atoms with Crippen LogP contribution in [-0.4, -0.2) is 29.8 Å². The highest BCUT2D eigenvalue weighted by Crippen LogP contribution is 2.23. The first-order valence-electron chi connectivity index (χ1n) is 9.36. The summed E-state index contributed by atoms with van der Waals surface area (Å²) in [5, 5.41) is 9.53. The van der Waals surface area contributed by atoms with Crippen LogP contribution in [-0.2, 0) is 16.4 Å². The molecule has 0 saturated heterocycles. The predicted molar refractivity (Wildman–Crippen MR) is 115 cm³/mol. The predicted octanol–water partition coefficient (Wildman–Crippen LogP) is 4.07. The van der Waals surface area contributed by atoms with Gasteiger partial charge in [0.15, 0.2) is 21.5 Å². The number of nitrogens with one attached hydrogen (secondary N) is 2. The van der Waals surface area contributed by atoms with Gasteiger partial charge >= 0.3 is 0 Å². The molecule has 0 atom stereocenters. The Morgan fingerprint density at radius 3 is 2.59 bits per heavy atom. The molecule has 9 nitrogen and oxygen atoms in total. The Hall–Kier alpha value is -3.99. The molecule has 0 bridgehead atoms. The van der Waals surface area contributed by atoms with E-state index in [9.17, 15) is 12.8 Å². The van der Waals surface area contributed by atoms with Gasteiger partial charge < -0.3 is 19.9 Å². The smallest absolute Gasteiger partial charge is 0.229 e. The molecule has 0 spiro atoms. The first kappa shape index (κ1) is 21.2. The molecule has 32 heavy (non-hydrogen) atoms. The summed E-state index contributed by atoms with van der Waals surface area (Å²) >= 11 is 0. The second kappa shape index (κ2) is 9.02. The molecule has 0 aliphatic rings. The normalized spacial score (nSPS) is 11.2. The average Bonchev–Trinajstić information content (AvgIpc) is 3.29. The number of halogens is 1. The van der Waals surface area contributed by atoms with Gasteiger partial charge in [-0.1, -0.05) is 11.2 Å². The van der Waals surface area contributed by atoms with Crippen LogP contribution >= 0.6 is 0 Å². The van der Waals surface area contributed by atoms with E-state index in [2.05, 4.69) is 25.8 Å². The Bertz CT molecular complexity index is 1310. The van der Waals surface area contributed by atoms with Crippen LogP contribution in [0.3, 0.4) is 0 Å². The number of anilines is 4. The number of aromatic nitrogens is 3. The maximum atomic E-state index is 14.2. The molecule has 0 unspecified atom stereocenters. The zero-order valence-corrected chi connectivity index (χ0v) is 17.6. The minimum atomic E-state index is -3.37. The molecule has 11 heteroatoms. The summed E-state index contributed by atoms with van der Waals surface area (Å²) in [6, 6.07) is 14.8. The van der Waals surface area contributed by atoms with E-state index in [0.717, 1.165) is 12.5 Å². The van der Waals surface area contributed by atoms with Gasteiger partial charge in [0, 0.05) is 23.7 Å². The molecule has 4 aromatic rings. The lowest BCUT2D eigenvalue weighted by Crippen LogP contribution is -2.04. The molecule has 2 heterocycles. The van der Waals surface area contributed by atoms with Crippen molar-refractivity contribution in [1.82, 2.24) is 15.1 Å². The molecule has 164 valence electrons. The van der Waals surface area contributed by atoms with E-state index in [1.165, 1.54) is 18.4 Å². The third-order valence-electron chi connectivity index (χ3n) is 4.26. The fourth-order valence-electron chi connectivity index (χ4n) is 2.69. The van der Waals surface area contributed by atoms with Gasteiger partial charge in [-0.15, -0.1) is 0 Å². The lowest BCUT2D eigenvalue weighted by atomic mass is 10.3. The van der Waals surface area contributed by atoms with E-state index in [1.54, 1.807) is 42.5 Å². The number of nitrogens with zero attached hydrogens (tertiary/aromatic N) is 3. The van der Waals surface area contributed by atoms with Crippen molar-refractivity contribution in [3.05, 3.63) is 78.6 Å². The molecule has 0 aliphatic heterocycles. The van der Waals surface area contributed by atoms with Crippen LogP contribution in [0, 0.1) is 5.82 Å². The van der Waals surface area contributed by atoms with E-state index in [0.29, 0.717) is 22.8 Å². The van der Waals surface area contributed by atoms with Crippen molar-refractivity contribution in [1.29, 1.82) is 0 Å². The van der Waals surface area contributed by atoms with Crippen LogP contribution in [0.4, 0.5) is 27.5 Å². The van der Waals surface area contributed by atoms with E-state index in [4.69, 9.17) is 9.26 Å². The third kappa shape index (κ3) is 5.38. The maximum Gasteiger partial charge on any atom is 0.229 e. The van der Waals surface area contributed by atoms with Crippen LogP contribution in [0.25, 0.3) is 0 Å². The van der Waals surface area contributed by atoms with Gasteiger partial charge in [-0.2, -0.15) is 4.98 Å². The van der Waals surface area contributed by atoms with Gasteiger partial charge in [-0.3, -0.25) is 0 Å². The van der Waals surface area contributed by atoms with Crippen molar-refractivity contribution >= 4 is 33.0 Å². The summed E-state index contributed by atoms with van der Waals surface area (Å²) in [7, 11) is -3.37. The molecule has 2 aromatic heterocycles. The van der Waals surface area contributed by atoms with Gasteiger partial charge in [0.1, 0.15) is 24.3 Å². The number of rotatable bonds is 8. The van der Waals surface area contributed by atoms with E-state index >= 15 is 0 Å². The topological polar surface area (TPSA) is 119 Å². The summed E-state index contributed by atoms with van der Waals surface area (Å²) < 4.78 is 48.0. The van der Waals surface area contributed by atoms with E-state index in [-0.39, 0.29) is 23.3 Å². The standard InChI is InChI=1S/C21H18FN5O4S/c1-32(28,29)18-4-2-3-15(11-18)25-21-23-12-19(22)20(26-21)24-14-5-7-17(8-6-14)30-13-16-9-10-31-27-16/h2-12H,13H2,1H3,(H2,23,24,25,26). The highest BCUT2D eigenvalue weighted by atomic mass is 32.2. The first-order valence-corrected chi connectivity index (χ1v) is 11.2. The third-order valence-corrected chi connectivity index (χ3v) is 5.37. The van der Waals surface area contributed by atoms with Crippen molar-refractivity contribution in [3.8, 4) is 5.75 Å². The Morgan fingerprint density at radius 1 is 1.06 bits per heavy atom. The Kier molecular flexibility index (Phi) is 5.99. The van der Waals surface area contributed by atoms with Crippen LogP contribution in [0.15, 0.2) is 76.5 Å². The average molecular weight is 455 g/mol. The van der Waals surface area contributed by atoms with Gasteiger partial charge in [-0.25, -0.2) is 17.8 Å². The maximum absolute atomic E-state index is 14.2. The Balaban J connectivity index is 1.45. The van der Waals surface area contributed by atoms with Crippen LogP contribution in [0.1, 0.15) is 5.69 Å². The largest absolute Gasteiger partial charge is 0.487 e. The van der Waals surface area contributed by atoms with Gasteiger partial charge in [0.25, 0.3) is 0 Å². The zero-order chi connectivity index (χ0) is 22.6. The fourth-order valence-corrected chi connectivity index (χ4v) is 3.36. The first-order chi connectivity index (χ1) is 15.4. The van der Waals surface area contributed by atoms with Gasteiger partial charge in [0.05, 0.1) is 11.1 Å². The molecule has 0 saturated carbocycles. The molecular weight excluding hydrogens is 437 g/mol. The van der Waals surface area contributed by atoms with Crippen molar-refractivity contribution in [2.24, 2.45) is 0 Å². The molecule has 4 rings (SSSR count). The molecule has 2 aromatic carbocycles. The molecule has 2 N–H and O–H groups in total. The summed E-state index contributed by atoms with van der Waals surface area (Å²) in [6.07, 6.45) is 3.61. The molecular formula is C21H18FN5O4S. The molecule has 0 fully saturated rings. The number of sulfone groups is 1. The second-order valence-electron chi connectivity index (χ2n) is 6.74. The number of hydrogen-bond donors (Lipinski definition) is 2. The highest BCUT2D eigenvalue weighted by Gasteiger charge is 2.11. The van der Waals surface area contributed by atoms with Crippen molar-refractivity contribution in [2.45, 2.75) is 11.5 Å². The fraction of sp³-hybridized carbons (Fsp3) is 0.0952. The van der Waals surface area contributed by atoms with Crippen molar-refractivity contribution in [3.63, 3.8) is 0 Å². The van der Waals surface area contributed by atoms with Crippen molar-refractivity contribution < 1.29 is 22.1 Å². The lowest BCUT2D eigenvalue weighted by Gasteiger charge is -2.11. The van der Waals surface area contributed by atoms with Gasteiger partial charge in [0.2, 0.25) is 5.95 Å². The summed E-state index contributed by atoms with van der Waals surface area (Å²) in [6.45, 7) is 0.263. The lowest BCUT2D eigenvalue weighted by molar-refractivity contribution is 0.289. The Morgan fingerprint density at radius 2 is 1.88 bits per heavy atom. The van der Waals surface area contributed by atoms with Crippen LogP contribution in [0.5, 0.6) is 5.75 Å². The summed E-state index contributed by atoms with van der Waals surface area (Å²) in [4.78, 5) is 8.20. The van der Waals surface area contributed by atoms with Gasteiger partial charge in [-0.05, 0) is 42.5 Å². The minimum Gasteiger partial charge on any atom is -0.487 e. The summed E-state index contributed by atoms with van der Waals surface area (Å²) in [5.41, 5.74) is 1.71. The van der Waals surface area contributed by atoms with E-state index in [1.807, 2.05) is 0 Å². The molecule has 0 aliphatic carbocycles. The highest BCUT2D eigenvalue weighted by molar-refractivity contribution is 7.90. The quantitative estimate of drug-likeness (QED) is 0.405. The monoisotopic (exact) mass is 455 g/mol. The SMILES string of the molecule is CS(=O)(=O)c1cccc(Nc2ncc(F)c(Nc3ccc(OCc4ccon4)cc3)n2)c1. The molecule has 0 radical (unpaired) electrons. The van der Waals surface area contributed by atoms with E-state index < -0.39 is 15.7 Å². The Labute approximate surface area is 183 Å².